The van der Waals surface area contributed by atoms with Gasteiger partial charge in [-0.2, -0.15) is 10.4 Å². The molecular weight excluding hydrogens is 476 g/mol. The summed E-state index contributed by atoms with van der Waals surface area (Å²) < 4.78 is 1.76. The Bertz CT molecular complexity index is 1560. The Hall–Kier alpha value is -4.77. The highest BCUT2D eigenvalue weighted by molar-refractivity contribution is 6.04. The molecule has 0 bridgehead atoms. The molecule has 4 aromatic rings. The average Bonchev–Trinajstić information content (AvgIpc) is 3.67. The summed E-state index contributed by atoms with van der Waals surface area (Å²) in [6.07, 6.45) is 7.27. The van der Waals surface area contributed by atoms with Crippen LogP contribution in [0, 0.1) is 24.2 Å². The van der Waals surface area contributed by atoms with Crippen LogP contribution in [0.1, 0.15) is 48.2 Å². The molecule has 1 fully saturated rings. The van der Waals surface area contributed by atoms with Gasteiger partial charge in [0, 0.05) is 40.7 Å². The van der Waals surface area contributed by atoms with Gasteiger partial charge in [0.25, 0.3) is 5.91 Å². The Kier molecular flexibility index (Phi) is 6.52. The van der Waals surface area contributed by atoms with Crippen molar-refractivity contribution in [3.63, 3.8) is 0 Å². The van der Waals surface area contributed by atoms with E-state index < -0.39 is 5.41 Å². The third kappa shape index (κ3) is 5.32. The molecule has 2 N–H and O–H groups in total. The molecule has 0 spiro atoms. The molecule has 0 aliphatic heterocycles. The van der Waals surface area contributed by atoms with Crippen molar-refractivity contribution < 1.29 is 9.59 Å². The topological polar surface area (TPSA) is 113 Å². The number of anilines is 2. The zero-order valence-electron chi connectivity index (χ0n) is 21.5. The molecule has 0 saturated heterocycles. The average molecular weight is 505 g/mol. The highest BCUT2D eigenvalue weighted by Crippen LogP contribution is 2.30. The molecule has 38 heavy (non-hydrogen) atoms. The number of aryl methyl sites for hydroxylation is 1. The second-order valence-electron chi connectivity index (χ2n) is 10.1. The smallest absolute Gasteiger partial charge is 0.255 e. The number of hydrogen-bond acceptors (Lipinski definition) is 5. The predicted molar refractivity (Wildman–Crippen MR) is 146 cm³/mol. The van der Waals surface area contributed by atoms with Gasteiger partial charge < -0.3 is 10.6 Å². The number of amides is 2. The first-order valence-corrected chi connectivity index (χ1v) is 12.5. The van der Waals surface area contributed by atoms with Crippen LogP contribution in [0.15, 0.2) is 73.2 Å². The van der Waals surface area contributed by atoms with Gasteiger partial charge in [-0.3, -0.25) is 9.59 Å². The molecule has 8 nitrogen and oxygen atoms in total. The lowest BCUT2D eigenvalue weighted by Gasteiger charge is -2.16. The first kappa shape index (κ1) is 24.9. The van der Waals surface area contributed by atoms with Crippen LogP contribution in [-0.4, -0.2) is 26.6 Å². The fourth-order valence-electron chi connectivity index (χ4n) is 4.07. The summed E-state index contributed by atoms with van der Waals surface area (Å²) >= 11 is 0. The van der Waals surface area contributed by atoms with Crippen molar-refractivity contribution >= 4 is 23.3 Å². The molecule has 2 aromatic carbocycles. The first-order chi connectivity index (χ1) is 18.2. The van der Waals surface area contributed by atoms with Crippen molar-refractivity contribution in [2.24, 2.45) is 5.92 Å². The van der Waals surface area contributed by atoms with E-state index in [1.165, 1.54) is 0 Å². The summed E-state index contributed by atoms with van der Waals surface area (Å²) in [4.78, 5) is 29.3. The first-order valence-electron chi connectivity index (χ1n) is 12.5. The van der Waals surface area contributed by atoms with E-state index in [0.717, 1.165) is 40.8 Å². The molecule has 0 atom stereocenters. The van der Waals surface area contributed by atoms with Crippen LogP contribution in [0.5, 0.6) is 0 Å². The largest absolute Gasteiger partial charge is 0.322 e. The molecule has 190 valence electrons. The standard InChI is InChI=1S/C30H28N6O2/c1-19-7-11-25(34-29(38)21-5-4-6-24(13-21)30(2,3)18-31)14-26(19)36-17-23(16-33-36)22-10-12-27(32-15-22)35-28(37)20-8-9-20/h4-7,10-17,20H,8-9H2,1-3H3,(H,34,38)(H,32,35,37). The van der Waals surface area contributed by atoms with Gasteiger partial charge in [0.2, 0.25) is 5.91 Å². The molecule has 2 amide bonds. The summed E-state index contributed by atoms with van der Waals surface area (Å²) in [6, 6.07) is 18.8. The van der Waals surface area contributed by atoms with Crippen LogP contribution >= 0.6 is 0 Å². The van der Waals surface area contributed by atoms with Crippen molar-refractivity contribution in [3.05, 3.63) is 89.9 Å². The Morgan fingerprint density at radius 1 is 1.03 bits per heavy atom. The van der Waals surface area contributed by atoms with Gasteiger partial charge >= 0.3 is 0 Å². The van der Waals surface area contributed by atoms with Crippen molar-refractivity contribution in [1.29, 1.82) is 5.26 Å². The third-order valence-corrected chi connectivity index (χ3v) is 6.72. The van der Waals surface area contributed by atoms with Crippen LogP contribution in [0.25, 0.3) is 16.8 Å². The monoisotopic (exact) mass is 504 g/mol. The van der Waals surface area contributed by atoms with Crippen LogP contribution < -0.4 is 10.6 Å². The molecular formula is C30H28N6O2. The normalized spacial score (nSPS) is 13.0. The van der Waals surface area contributed by atoms with Crippen molar-refractivity contribution in [3.8, 4) is 22.9 Å². The summed E-state index contributed by atoms with van der Waals surface area (Å²) in [5.74, 6) is 0.439. The van der Waals surface area contributed by atoms with Crippen molar-refractivity contribution in [2.45, 2.75) is 39.0 Å². The number of aromatic nitrogens is 3. The molecule has 0 unspecified atom stereocenters. The minimum Gasteiger partial charge on any atom is -0.322 e. The van der Waals surface area contributed by atoms with Crippen LogP contribution in [0.3, 0.4) is 0 Å². The maximum Gasteiger partial charge on any atom is 0.255 e. The van der Waals surface area contributed by atoms with Gasteiger partial charge in [-0.1, -0.05) is 18.2 Å². The highest BCUT2D eigenvalue weighted by Gasteiger charge is 2.29. The fourth-order valence-corrected chi connectivity index (χ4v) is 4.07. The lowest BCUT2D eigenvalue weighted by molar-refractivity contribution is -0.117. The number of hydrogen-bond donors (Lipinski definition) is 2. The molecule has 1 saturated carbocycles. The van der Waals surface area contributed by atoms with Gasteiger partial charge in [0.05, 0.1) is 23.4 Å². The zero-order chi connectivity index (χ0) is 26.9. The third-order valence-electron chi connectivity index (χ3n) is 6.72. The Morgan fingerprint density at radius 2 is 1.84 bits per heavy atom. The SMILES string of the molecule is Cc1ccc(NC(=O)c2cccc(C(C)(C)C#N)c2)cc1-n1cc(-c2ccc(NC(=O)C3CC3)nc2)cn1. The second-order valence-corrected chi connectivity index (χ2v) is 10.1. The van der Waals surface area contributed by atoms with Crippen LogP contribution in [-0.2, 0) is 10.2 Å². The lowest BCUT2D eigenvalue weighted by Crippen LogP contribution is -2.17. The lowest BCUT2D eigenvalue weighted by atomic mass is 9.85. The minimum absolute atomic E-state index is 0.0271. The summed E-state index contributed by atoms with van der Waals surface area (Å²) in [5.41, 5.74) is 4.79. The van der Waals surface area contributed by atoms with Gasteiger partial charge in [-0.15, -0.1) is 0 Å². The fraction of sp³-hybridized carbons (Fsp3) is 0.233. The van der Waals surface area contributed by atoms with E-state index in [4.69, 9.17) is 0 Å². The summed E-state index contributed by atoms with van der Waals surface area (Å²) in [5, 5.41) is 19.8. The zero-order valence-corrected chi connectivity index (χ0v) is 21.5. The number of nitrogens with zero attached hydrogens (tertiary/aromatic N) is 4. The Labute approximate surface area is 221 Å². The highest BCUT2D eigenvalue weighted by atomic mass is 16.2. The molecule has 2 heterocycles. The second kappa shape index (κ2) is 9.94. The number of rotatable bonds is 7. The van der Waals surface area contributed by atoms with Gasteiger partial charge in [-0.05, 0) is 81.1 Å². The Morgan fingerprint density at radius 3 is 2.55 bits per heavy atom. The molecule has 1 aliphatic rings. The number of carbonyl (C=O) groups is 2. The van der Waals surface area contributed by atoms with E-state index in [1.54, 1.807) is 41.3 Å². The van der Waals surface area contributed by atoms with Gasteiger partial charge in [-0.25, -0.2) is 9.67 Å². The number of carbonyl (C=O) groups excluding carboxylic acids is 2. The summed E-state index contributed by atoms with van der Waals surface area (Å²) in [7, 11) is 0. The number of nitrogens with one attached hydrogen (secondary N) is 2. The van der Waals surface area contributed by atoms with Crippen LogP contribution in [0.2, 0.25) is 0 Å². The van der Waals surface area contributed by atoms with Gasteiger partial charge in [0.15, 0.2) is 0 Å². The van der Waals surface area contributed by atoms with Crippen LogP contribution in [0.4, 0.5) is 11.5 Å². The molecule has 0 radical (unpaired) electrons. The number of benzene rings is 2. The van der Waals surface area contributed by atoms with E-state index >= 15 is 0 Å². The van der Waals surface area contributed by atoms with E-state index in [0.29, 0.717) is 17.1 Å². The predicted octanol–water partition coefficient (Wildman–Crippen LogP) is 5.64. The maximum atomic E-state index is 13.0. The number of pyridine rings is 1. The van der Waals surface area contributed by atoms with E-state index in [2.05, 4.69) is 26.8 Å². The summed E-state index contributed by atoms with van der Waals surface area (Å²) in [6.45, 7) is 5.63. The van der Waals surface area contributed by atoms with E-state index in [1.807, 2.05) is 57.3 Å². The van der Waals surface area contributed by atoms with E-state index in [9.17, 15) is 14.9 Å². The molecule has 8 heteroatoms. The molecule has 2 aromatic heterocycles. The van der Waals surface area contributed by atoms with E-state index in [-0.39, 0.29) is 17.7 Å². The number of nitriles is 1. The van der Waals surface area contributed by atoms with Crippen molar-refractivity contribution in [1.82, 2.24) is 14.8 Å². The maximum absolute atomic E-state index is 13.0. The van der Waals surface area contributed by atoms with Gasteiger partial charge in [0.1, 0.15) is 5.82 Å². The molecule has 5 rings (SSSR count). The minimum atomic E-state index is -0.689. The quantitative estimate of drug-likeness (QED) is 0.338. The molecule has 1 aliphatic carbocycles. The Balaban J connectivity index is 1.32. The van der Waals surface area contributed by atoms with Crippen molar-refractivity contribution in [2.75, 3.05) is 10.6 Å².